The van der Waals surface area contributed by atoms with Crippen LogP contribution in [0.4, 0.5) is 0 Å². The van der Waals surface area contributed by atoms with Crippen LogP contribution < -0.4 is 31.2 Å². The van der Waals surface area contributed by atoms with Crippen LogP contribution in [0.5, 0.6) is 11.5 Å². The molecule has 0 saturated carbocycles. The van der Waals surface area contributed by atoms with Crippen molar-refractivity contribution in [2.75, 3.05) is 26.8 Å². The molecule has 2 atom stereocenters. The Hall–Kier alpha value is -5.22. The van der Waals surface area contributed by atoms with Crippen LogP contribution in [0, 0.1) is 0 Å². The third kappa shape index (κ3) is 9.38. The zero-order valence-electron chi connectivity index (χ0n) is 25.5. The lowest BCUT2D eigenvalue weighted by atomic mass is 9.96. The molecule has 0 bridgehead atoms. The summed E-state index contributed by atoms with van der Waals surface area (Å²) in [6.45, 7) is 3.20. The first-order valence-electron chi connectivity index (χ1n) is 14.8. The minimum atomic E-state index is -0.742. The lowest BCUT2D eigenvalue weighted by Gasteiger charge is -2.21. The second-order valence-corrected chi connectivity index (χ2v) is 10.3. The van der Waals surface area contributed by atoms with E-state index in [9.17, 15) is 14.4 Å². The molecule has 0 aliphatic heterocycles. The number of nitrogens with one attached hydrogen (secondary N) is 3. The van der Waals surface area contributed by atoms with Crippen LogP contribution >= 0.6 is 0 Å². The highest BCUT2D eigenvalue weighted by molar-refractivity contribution is 5.95. The number of hydrogen-bond acceptors (Lipinski definition) is 7. The third-order valence-electron chi connectivity index (χ3n) is 7.30. The lowest BCUT2D eigenvalue weighted by molar-refractivity contribution is -0.124. The molecule has 0 saturated heterocycles. The van der Waals surface area contributed by atoms with E-state index in [0.29, 0.717) is 48.0 Å². The van der Waals surface area contributed by atoms with Gasteiger partial charge in [0.1, 0.15) is 11.5 Å². The second kappa shape index (κ2) is 16.6. The van der Waals surface area contributed by atoms with Crippen molar-refractivity contribution in [2.45, 2.75) is 31.8 Å². The van der Waals surface area contributed by atoms with E-state index in [1.165, 1.54) is 0 Å². The van der Waals surface area contributed by atoms with Crippen LogP contribution in [0.3, 0.4) is 0 Å². The molecule has 1 heterocycles. The summed E-state index contributed by atoms with van der Waals surface area (Å²) in [4.78, 5) is 44.4. The van der Waals surface area contributed by atoms with Crippen molar-refractivity contribution in [3.05, 3.63) is 125 Å². The Morgan fingerprint density at radius 1 is 0.756 bits per heavy atom. The fraction of sp³-hybridized carbons (Fsp3) is 0.257. The summed E-state index contributed by atoms with van der Waals surface area (Å²) in [6, 6.07) is 26.9. The van der Waals surface area contributed by atoms with Gasteiger partial charge in [-0.25, -0.2) is 0 Å². The van der Waals surface area contributed by atoms with E-state index in [1.54, 1.807) is 80.0 Å². The van der Waals surface area contributed by atoms with E-state index in [1.807, 2.05) is 31.2 Å². The summed E-state index contributed by atoms with van der Waals surface area (Å²) in [5.74, 6) is -1.12. The molecule has 0 aliphatic carbocycles. The molecule has 4 rings (SSSR count). The number of carbonyl (C=O) groups is 3. The number of hydrogen-bond donors (Lipinski definition) is 4. The number of nitrogens with two attached hydrogens (primary N) is 1. The van der Waals surface area contributed by atoms with Crippen LogP contribution in [-0.4, -0.2) is 49.5 Å². The number of ether oxygens (including phenoxy) is 2. The molecule has 10 nitrogen and oxygen atoms in total. The van der Waals surface area contributed by atoms with Gasteiger partial charge >= 0.3 is 0 Å². The maximum absolute atomic E-state index is 13.7. The number of rotatable bonds is 15. The van der Waals surface area contributed by atoms with Gasteiger partial charge in [-0.15, -0.1) is 0 Å². The Kier molecular flexibility index (Phi) is 12.0. The largest absolute Gasteiger partial charge is 0.497 e. The maximum atomic E-state index is 13.7. The quantitative estimate of drug-likeness (QED) is 0.161. The Bertz CT molecular complexity index is 1530. The number of amides is 3. The Morgan fingerprint density at radius 2 is 1.40 bits per heavy atom. The van der Waals surface area contributed by atoms with E-state index in [-0.39, 0.29) is 30.8 Å². The van der Waals surface area contributed by atoms with Gasteiger partial charge in [0.2, 0.25) is 11.8 Å². The van der Waals surface area contributed by atoms with Crippen molar-refractivity contribution in [2.24, 2.45) is 5.73 Å². The van der Waals surface area contributed by atoms with Crippen molar-refractivity contribution >= 4 is 17.7 Å². The third-order valence-corrected chi connectivity index (χ3v) is 7.30. The summed E-state index contributed by atoms with van der Waals surface area (Å²) in [7, 11) is 1.55. The number of carbonyl (C=O) groups excluding carboxylic acids is 3. The van der Waals surface area contributed by atoms with Gasteiger partial charge < -0.3 is 31.2 Å². The van der Waals surface area contributed by atoms with E-state index in [0.717, 1.165) is 11.1 Å². The topological polar surface area (TPSA) is 145 Å². The summed E-state index contributed by atoms with van der Waals surface area (Å²) in [5, 5.41) is 8.78. The van der Waals surface area contributed by atoms with Gasteiger partial charge in [0.15, 0.2) is 0 Å². The molecule has 5 N–H and O–H groups in total. The van der Waals surface area contributed by atoms with Crippen LogP contribution in [0.25, 0.3) is 0 Å². The van der Waals surface area contributed by atoms with E-state index in [4.69, 9.17) is 15.2 Å². The highest BCUT2D eigenvalue weighted by Gasteiger charge is 2.26. The minimum absolute atomic E-state index is 0.00769. The number of pyridine rings is 1. The molecule has 0 aliphatic rings. The van der Waals surface area contributed by atoms with Crippen molar-refractivity contribution in [1.29, 1.82) is 0 Å². The predicted molar refractivity (Wildman–Crippen MR) is 172 cm³/mol. The average Bonchev–Trinajstić information content (AvgIpc) is 3.09. The standard InChI is InChI=1S/C35H39N5O5/c1-3-45-29-17-11-26(12-18-29)30(22-39-33(41)27-13-15-28(44-2)16-14-27)34(42)40-23-31(32-6-4-5-19-37-32)35(43)38-21-25-9-7-24(20-36)8-10-25/h4-19,30-31H,3,20-23,36H2,1-2H3,(H,38,43)(H,39,41)(H,40,42)/t30-,31+/m1/s1. The van der Waals surface area contributed by atoms with Crippen molar-refractivity contribution < 1.29 is 23.9 Å². The molecule has 0 unspecified atom stereocenters. The number of nitrogens with zero attached hydrogens (tertiary/aromatic N) is 1. The molecule has 4 aromatic rings. The molecule has 1 aromatic heterocycles. The number of aromatic nitrogens is 1. The Morgan fingerprint density at radius 3 is 2.02 bits per heavy atom. The van der Waals surface area contributed by atoms with Gasteiger partial charge in [0.05, 0.1) is 31.2 Å². The molecular formula is C35H39N5O5. The molecule has 234 valence electrons. The molecular weight excluding hydrogens is 570 g/mol. The molecule has 45 heavy (non-hydrogen) atoms. The van der Waals surface area contributed by atoms with Gasteiger partial charge in [0, 0.05) is 37.9 Å². The highest BCUT2D eigenvalue weighted by atomic mass is 16.5. The average molecular weight is 610 g/mol. The zero-order valence-corrected chi connectivity index (χ0v) is 25.5. The van der Waals surface area contributed by atoms with Crippen LogP contribution in [-0.2, 0) is 22.7 Å². The van der Waals surface area contributed by atoms with Gasteiger partial charge in [-0.1, -0.05) is 42.5 Å². The van der Waals surface area contributed by atoms with Gasteiger partial charge in [-0.2, -0.15) is 0 Å². The molecule has 3 amide bonds. The molecule has 0 radical (unpaired) electrons. The Balaban J connectivity index is 1.48. The first-order valence-corrected chi connectivity index (χ1v) is 14.8. The van der Waals surface area contributed by atoms with Gasteiger partial charge in [-0.3, -0.25) is 19.4 Å². The molecule has 0 fully saturated rings. The van der Waals surface area contributed by atoms with Gasteiger partial charge in [-0.05, 0) is 72.1 Å². The van der Waals surface area contributed by atoms with Crippen LogP contribution in [0.2, 0.25) is 0 Å². The number of benzene rings is 3. The van der Waals surface area contributed by atoms with Crippen molar-refractivity contribution in [1.82, 2.24) is 20.9 Å². The van der Waals surface area contributed by atoms with Crippen molar-refractivity contribution in [3.8, 4) is 11.5 Å². The lowest BCUT2D eigenvalue weighted by Crippen LogP contribution is -2.42. The summed E-state index contributed by atoms with van der Waals surface area (Å²) in [6.07, 6.45) is 1.61. The normalized spacial score (nSPS) is 12.0. The minimum Gasteiger partial charge on any atom is -0.497 e. The van der Waals surface area contributed by atoms with Gasteiger partial charge in [0.25, 0.3) is 5.91 Å². The van der Waals surface area contributed by atoms with Crippen LogP contribution in [0.15, 0.2) is 97.2 Å². The Labute approximate surface area is 263 Å². The maximum Gasteiger partial charge on any atom is 0.251 e. The molecule has 3 aromatic carbocycles. The highest BCUT2D eigenvalue weighted by Crippen LogP contribution is 2.21. The summed E-state index contributed by atoms with van der Waals surface area (Å²) < 4.78 is 10.7. The van der Waals surface area contributed by atoms with E-state index >= 15 is 0 Å². The first-order chi connectivity index (χ1) is 21.9. The molecule has 10 heteroatoms. The predicted octanol–water partition coefficient (Wildman–Crippen LogP) is 3.68. The number of methoxy groups -OCH3 is 1. The van der Waals surface area contributed by atoms with E-state index in [2.05, 4.69) is 20.9 Å². The smallest absolute Gasteiger partial charge is 0.251 e. The zero-order chi connectivity index (χ0) is 32.0. The SMILES string of the molecule is CCOc1ccc([C@@H](CNC(=O)c2ccc(OC)cc2)C(=O)NC[C@H](C(=O)NCc2ccc(CN)cc2)c2ccccn2)cc1. The second-order valence-electron chi connectivity index (χ2n) is 10.3. The van der Waals surface area contributed by atoms with Crippen LogP contribution in [0.1, 0.15) is 51.5 Å². The summed E-state index contributed by atoms with van der Waals surface area (Å²) >= 11 is 0. The fourth-order valence-electron chi connectivity index (χ4n) is 4.71. The van der Waals surface area contributed by atoms with E-state index < -0.39 is 11.8 Å². The van der Waals surface area contributed by atoms with Crippen molar-refractivity contribution in [3.63, 3.8) is 0 Å². The fourth-order valence-corrected chi connectivity index (χ4v) is 4.71. The first kappa shape index (κ1) is 32.7. The molecule has 0 spiro atoms. The monoisotopic (exact) mass is 609 g/mol. The summed E-state index contributed by atoms with van der Waals surface area (Å²) in [5.41, 5.74) is 9.26.